The molecule has 1 aromatic heterocycles. The second kappa shape index (κ2) is 7.70. The smallest absolute Gasteiger partial charge is 0.0732 e. The van der Waals surface area contributed by atoms with Gasteiger partial charge in [0.1, 0.15) is 0 Å². The molecule has 24 heavy (non-hydrogen) atoms. The Morgan fingerprint density at radius 3 is 2.67 bits per heavy atom. The molecule has 0 aliphatic carbocycles. The number of aromatic amines is 1. The van der Waals surface area contributed by atoms with E-state index in [9.17, 15) is 0 Å². The number of aromatic nitrogens is 1. The zero-order valence-corrected chi connectivity index (χ0v) is 13.7. The van der Waals surface area contributed by atoms with Gasteiger partial charge >= 0.3 is 0 Å². The van der Waals surface area contributed by atoms with Gasteiger partial charge in [-0.15, -0.1) is 0 Å². The number of hydrogen-bond donors (Lipinski definition) is 2. The molecule has 0 saturated carbocycles. The summed E-state index contributed by atoms with van der Waals surface area (Å²) in [6.07, 6.45) is 5.79. The zero-order chi connectivity index (χ0) is 16.8. The molecule has 122 valence electrons. The van der Waals surface area contributed by atoms with Gasteiger partial charge in [0.15, 0.2) is 0 Å². The van der Waals surface area contributed by atoms with E-state index >= 15 is 0 Å². The Morgan fingerprint density at radius 2 is 1.92 bits per heavy atom. The normalized spacial score (nSPS) is 15.5. The van der Waals surface area contributed by atoms with Crippen molar-refractivity contribution in [3.63, 3.8) is 0 Å². The standard InChI is InChI=1S/C20H22N4/c1-22-14-12-17-8-10-19(24-17)20(15-5-3-2-4-6-15)18-9-7-16(23-18)11-13-21/h2-10,23H,1,11-14,21H2. The van der Waals surface area contributed by atoms with Gasteiger partial charge in [0.2, 0.25) is 0 Å². The van der Waals surface area contributed by atoms with Crippen LogP contribution in [0.5, 0.6) is 0 Å². The average Bonchev–Trinajstić information content (AvgIpc) is 3.25. The van der Waals surface area contributed by atoms with Crippen LogP contribution in [0, 0.1) is 0 Å². The minimum Gasteiger partial charge on any atom is -0.358 e. The summed E-state index contributed by atoms with van der Waals surface area (Å²) >= 11 is 0. The third-order valence-electron chi connectivity index (χ3n) is 3.97. The Morgan fingerprint density at radius 1 is 1.08 bits per heavy atom. The third-order valence-corrected chi connectivity index (χ3v) is 3.97. The van der Waals surface area contributed by atoms with E-state index in [4.69, 9.17) is 10.7 Å². The number of H-pyrrole nitrogens is 1. The molecule has 2 aromatic rings. The van der Waals surface area contributed by atoms with E-state index in [1.165, 1.54) is 0 Å². The van der Waals surface area contributed by atoms with Crippen LogP contribution >= 0.6 is 0 Å². The fraction of sp³-hybridized carbons (Fsp3) is 0.200. The van der Waals surface area contributed by atoms with Crippen molar-refractivity contribution in [3.05, 3.63) is 77.3 Å². The monoisotopic (exact) mass is 318 g/mol. The summed E-state index contributed by atoms with van der Waals surface area (Å²) in [7, 11) is 0. The molecule has 1 aromatic carbocycles. The highest BCUT2D eigenvalue weighted by Crippen LogP contribution is 2.30. The van der Waals surface area contributed by atoms with E-state index < -0.39 is 0 Å². The molecule has 3 N–H and O–H groups in total. The molecule has 0 saturated heterocycles. The minimum atomic E-state index is 0.633. The molecule has 0 fully saturated rings. The first kappa shape index (κ1) is 16.1. The van der Waals surface area contributed by atoms with E-state index in [0.29, 0.717) is 13.1 Å². The lowest BCUT2D eigenvalue weighted by molar-refractivity contribution is 0.933. The maximum atomic E-state index is 5.66. The number of hydrogen-bond acceptors (Lipinski definition) is 3. The van der Waals surface area contributed by atoms with Crippen LogP contribution in [0.3, 0.4) is 0 Å². The number of rotatable bonds is 7. The Kier molecular flexibility index (Phi) is 5.18. The average molecular weight is 318 g/mol. The molecule has 0 spiro atoms. The summed E-state index contributed by atoms with van der Waals surface area (Å²) in [6, 6.07) is 14.5. The molecule has 0 unspecified atom stereocenters. The van der Waals surface area contributed by atoms with E-state index in [2.05, 4.69) is 53.1 Å². The maximum Gasteiger partial charge on any atom is 0.0732 e. The SMILES string of the molecule is C=NCCC1=NC(=C(c2ccccc2)c2ccc(CCN)[nH]2)C=C1. The number of aliphatic imine (C=N–C) groups is 2. The molecule has 0 bridgehead atoms. The lowest BCUT2D eigenvalue weighted by atomic mass is 10.0. The van der Waals surface area contributed by atoms with Crippen molar-refractivity contribution in [2.75, 3.05) is 13.1 Å². The van der Waals surface area contributed by atoms with Crippen molar-refractivity contribution in [2.45, 2.75) is 12.8 Å². The van der Waals surface area contributed by atoms with Gasteiger partial charge in [0.05, 0.1) is 5.70 Å². The lowest BCUT2D eigenvalue weighted by Gasteiger charge is -2.08. The Labute approximate surface area is 142 Å². The summed E-state index contributed by atoms with van der Waals surface area (Å²) < 4.78 is 0. The van der Waals surface area contributed by atoms with Crippen molar-refractivity contribution in [1.82, 2.24) is 4.98 Å². The number of nitrogens with two attached hydrogens (primary N) is 1. The predicted octanol–water partition coefficient (Wildman–Crippen LogP) is 3.38. The van der Waals surface area contributed by atoms with Gasteiger partial charge in [-0.1, -0.05) is 30.3 Å². The first-order valence-electron chi connectivity index (χ1n) is 8.18. The molecule has 3 rings (SSSR count). The molecule has 0 atom stereocenters. The topological polar surface area (TPSA) is 66.5 Å². The Bertz CT molecular complexity index is 794. The van der Waals surface area contributed by atoms with Crippen LogP contribution in [0.1, 0.15) is 23.4 Å². The van der Waals surface area contributed by atoms with Gasteiger partial charge in [-0.2, -0.15) is 0 Å². The highest BCUT2D eigenvalue weighted by Gasteiger charge is 2.15. The Hall–Kier alpha value is -2.72. The first-order valence-corrected chi connectivity index (χ1v) is 8.18. The summed E-state index contributed by atoms with van der Waals surface area (Å²) in [5.41, 5.74) is 12.1. The second-order valence-electron chi connectivity index (χ2n) is 5.70. The summed E-state index contributed by atoms with van der Waals surface area (Å²) in [5, 5.41) is 0. The molecule has 0 radical (unpaired) electrons. The number of nitrogens with zero attached hydrogens (tertiary/aromatic N) is 2. The van der Waals surface area contributed by atoms with Crippen molar-refractivity contribution < 1.29 is 0 Å². The molecule has 0 amide bonds. The van der Waals surface area contributed by atoms with Crippen LogP contribution in [0.15, 0.2) is 70.3 Å². The zero-order valence-electron chi connectivity index (χ0n) is 13.7. The van der Waals surface area contributed by atoms with Crippen LogP contribution in [0.25, 0.3) is 5.57 Å². The van der Waals surface area contributed by atoms with Gasteiger partial charge in [-0.3, -0.25) is 4.99 Å². The van der Waals surface area contributed by atoms with Gasteiger partial charge < -0.3 is 15.7 Å². The van der Waals surface area contributed by atoms with Gasteiger partial charge in [-0.25, -0.2) is 0 Å². The second-order valence-corrected chi connectivity index (χ2v) is 5.70. The van der Waals surface area contributed by atoms with E-state index in [-0.39, 0.29) is 0 Å². The van der Waals surface area contributed by atoms with Crippen LogP contribution in [0.2, 0.25) is 0 Å². The van der Waals surface area contributed by atoms with Crippen molar-refractivity contribution in [2.24, 2.45) is 15.7 Å². The van der Waals surface area contributed by atoms with Crippen molar-refractivity contribution in [1.29, 1.82) is 0 Å². The number of allylic oxidation sites excluding steroid dienone is 2. The fourth-order valence-corrected chi connectivity index (χ4v) is 2.81. The fourth-order valence-electron chi connectivity index (χ4n) is 2.81. The molecular formula is C20H22N4. The van der Waals surface area contributed by atoms with Crippen LogP contribution < -0.4 is 5.73 Å². The maximum absolute atomic E-state index is 5.66. The van der Waals surface area contributed by atoms with Crippen molar-refractivity contribution in [3.8, 4) is 0 Å². The highest BCUT2D eigenvalue weighted by atomic mass is 14.8. The molecule has 4 nitrogen and oxygen atoms in total. The van der Waals surface area contributed by atoms with E-state index in [0.717, 1.165) is 46.8 Å². The molecule has 2 heterocycles. The van der Waals surface area contributed by atoms with Crippen molar-refractivity contribution >= 4 is 18.0 Å². The summed E-state index contributed by atoms with van der Waals surface area (Å²) in [5.74, 6) is 0. The molecule has 4 heteroatoms. The number of benzene rings is 1. The van der Waals surface area contributed by atoms with Gasteiger partial charge in [-0.05, 0) is 49.5 Å². The van der Waals surface area contributed by atoms with Crippen LogP contribution in [-0.2, 0) is 6.42 Å². The summed E-state index contributed by atoms with van der Waals surface area (Å²) in [4.78, 5) is 12.2. The third kappa shape index (κ3) is 3.60. The van der Waals surface area contributed by atoms with Gasteiger partial charge in [0, 0.05) is 35.6 Å². The van der Waals surface area contributed by atoms with E-state index in [1.54, 1.807) is 0 Å². The number of nitrogens with one attached hydrogen (secondary N) is 1. The molecule has 1 aliphatic heterocycles. The lowest BCUT2D eigenvalue weighted by Crippen LogP contribution is -2.03. The molecular weight excluding hydrogens is 296 g/mol. The summed E-state index contributed by atoms with van der Waals surface area (Å²) in [6.45, 7) is 4.86. The Balaban J connectivity index is 2.03. The van der Waals surface area contributed by atoms with Gasteiger partial charge in [0.25, 0.3) is 0 Å². The van der Waals surface area contributed by atoms with E-state index in [1.807, 2.05) is 18.2 Å². The van der Waals surface area contributed by atoms with Crippen LogP contribution in [0.4, 0.5) is 0 Å². The quantitative estimate of drug-likeness (QED) is 0.755. The first-order chi connectivity index (χ1) is 11.8. The largest absolute Gasteiger partial charge is 0.358 e. The predicted molar refractivity (Wildman–Crippen MR) is 102 cm³/mol. The highest BCUT2D eigenvalue weighted by molar-refractivity contribution is 6.01. The van der Waals surface area contributed by atoms with Crippen LogP contribution in [-0.4, -0.2) is 30.5 Å². The molecule has 1 aliphatic rings. The minimum absolute atomic E-state index is 0.633.